The topological polar surface area (TPSA) is 51.0 Å². The summed E-state index contributed by atoms with van der Waals surface area (Å²) in [5.74, 6) is 1.30. The van der Waals surface area contributed by atoms with Gasteiger partial charge in [-0.2, -0.15) is 11.3 Å². The summed E-state index contributed by atoms with van der Waals surface area (Å²) >= 11 is 1.65. The molecule has 4 nitrogen and oxygen atoms in total. The van der Waals surface area contributed by atoms with Crippen LogP contribution >= 0.6 is 11.3 Å². The number of hydrogen-bond acceptors (Lipinski definition) is 5. The van der Waals surface area contributed by atoms with Crippen molar-refractivity contribution in [1.29, 1.82) is 0 Å². The monoisotopic (exact) mass is 251 g/mol. The molecule has 0 saturated carbocycles. The molecule has 0 saturated heterocycles. The summed E-state index contributed by atoms with van der Waals surface area (Å²) in [6, 6.07) is 0.153. The Morgan fingerprint density at radius 1 is 1.35 bits per heavy atom. The first-order valence-electron chi connectivity index (χ1n) is 5.86. The van der Waals surface area contributed by atoms with Gasteiger partial charge < -0.3 is 9.73 Å². The van der Waals surface area contributed by atoms with Gasteiger partial charge in [-0.05, 0) is 30.8 Å². The van der Waals surface area contributed by atoms with Crippen molar-refractivity contribution in [3.8, 4) is 11.5 Å². The van der Waals surface area contributed by atoms with Crippen LogP contribution in [0.4, 0.5) is 0 Å². The maximum atomic E-state index is 5.74. The summed E-state index contributed by atoms with van der Waals surface area (Å²) in [5, 5.41) is 15.7. The molecule has 0 aliphatic carbocycles. The van der Waals surface area contributed by atoms with Crippen LogP contribution in [-0.2, 0) is 0 Å². The van der Waals surface area contributed by atoms with Crippen molar-refractivity contribution < 1.29 is 4.42 Å². The Hall–Kier alpha value is -1.20. The Morgan fingerprint density at radius 2 is 2.18 bits per heavy atom. The van der Waals surface area contributed by atoms with E-state index < -0.39 is 0 Å². The molecule has 0 bridgehead atoms. The lowest BCUT2D eigenvalue weighted by atomic mass is 10.2. The minimum atomic E-state index is 0.153. The molecule has 0 radical (unpaired) electrons. The molecule has 1 unspecified atom stereocenters. The first kappa shape index (κ1) is 12.3. The van der Waals surface area contributed by atoms with E-state index >= 15 is 0 Å². The number of hydrogen-bond donors (Lipinski definition) is 1. The Morgan fingerprint density at radius 3 is 2.76 bits per heavy atom. The molecule has 2 heterocycles. The molecule has 0 amide bonds. The van der Waals surface area contributed by atoms with Crippen LogP contribution in [-0.4, -0.2) is 16.7 Å². The minimum absolute atomic E-state index is 0.153. The van der Waals surface area contributed by atoms with Crippen molar-refractivity contribution in [2.24, 2.45) is 0 Å². The van der Waals surface area contributed by atoms with Gasteiger partial charge in [0.1, 0.15) is 0 Å². The largest absolute Gasteiger partial charge is 0.419 e. The highest BCUT2D eigenvalue weighted by molar-refractivity contribution is 7.08. The van der Waals surface area contributed by atoms with Gasteiger partial charge >= 0.3 is 0 Å². The van der Waals surface area contributed by atoms with Crippen LogP contribution < -0.4 is 5.32 Å². The Balaban J connectivity index is 2.24. The van der Waals surface area contributed by atoms with E-state index in [4.69, 9.17) is 4.42 Å². The molecule has 1 N–H and O–H groups in total. The Labute approximate surface area is 105 Å². The van der Waals surface area contributed by atoms with Crippen molar-refractivity contribution >= 4 is 11.3 Å². The lowest BCUT2D eigenvalue weighted by Gasteiger charge is -2.09. The molecule has 0 aliphatic rings. The fourth-order valence-electron chi connectivity index (χ4n) is 1.72. The van der Waals surface area contributed by atoms with Gasteiger partial charge in [0.2, 0.25) is 11.8 Å². The SMILES string of the molecule is CCNC(CC)c1nnc(-c2cscc2C)o1. The van der Waals surface area contributed by atoms with Crippen molar-refractivity contribution in [2.75, 3.05) is 6.54 Å². The second kappa shape index (κ2) is 5.42. The summed E-state index contributed by atoms with van der Waals surface area (Å²) in [7, 11) is 0. The fraction of sp³-hybridized carbons (Fsp3) is 0.500. The summed E-state index contributed by atoms with van der Waals surface area (Å²) in [4.78, 5) is 0. The third kappa shape index (κ3) is 2.56. The minimum Gasteiger partial charge on any atom is -0.419 e. The summed E-state index contributed by atoms with van der Waals surface area (Å²) in [6.45, 7) is 7.13. The van der Waals surface area contributed by atoms with Gasteiger partial charge in [-0.15, -0.1) is 10.2 Å². The van der Waals surface area contributed by atoms with Gasteiger partial charge in [0.15, 0.2) is 0 Å². The van der Waals surface area contributed by atoms with E-state index in [1.54, 1.807) is 11.3 Å². The summed E-state index contributed by atoms with van der Waals surface area (Å²) in [5.41, 5.74) is 2.22. The number of aromatic nitrogens is 2. The molecule has 92 valence electrons. The molecule has 2 aromatic rings. The molecule has 0 aromatic carbocycles. The molecule has 0 aliphatic heterocycles. The van der Waals surface area contributed by atoms with E-state index in [-0.39, 0.29) is 6.04 Å². The van der Waals surface area contributed by atoms with Gasteiger partial charge in [0.25, 0.3) is 0 Å². The van der Waals surface area contributed by atoms with Crippen LogP contribution in [0.1, 0.15) is 37.8 Å². The van der Waals surface area contributed by atoms with E-state index in [0.717, 1.165) is 18.5 Å². The maximum Gasteiger partial charge on any atom is 0.248 e. The second-order valence-corrected chi connectivity index (χ2v) is 4.68. The van der Waals surface area contributed by atoms with Gasteiger partial charge in [0, 0.05) is 5.38 Å². The second-order valence-electron chi connectivity index (χ2n) is 3.93. The average molecular weight is 251 g/mol. The molecule has 5 heteroatoms. The first-order valence-corrected chi connectivity index (χ1v) is 6.80. The van der Waals surface area contributed by atoms with Crippen LogP contribution in [0, 0.1) is 6.92 Å². The predicted molar refractivity (Wildman–Crippen MR) is 69.1 cm³/mol. The van der Waals surface area contributed by atoms with Crippen molar-refractivity contribution in [3.05, 3.63) is 22.2 Å². The normalized spacial score (nSPS) is 12.9. The summed E-state index contributed by atoms with van der Waals surface area (Å²) < 4.78 is 5.74. The maximum absolute atomic E-state index is 5.74. The zero-order chi connectivity index (χ0) is 12.3. The third-order valence-corrected chi connectivity index (χ3v) is 3.54. The predicted octanol–water partition coefficient (Wildman–Crippen LogP) is 3.17. The highest BCUT2D eigenvalue weighted by atomic mass is 32.1. The number of rotatable bonds is 5. The molecular formula is C12H17N3OS. The van der Waals surface area contributed by atoms with E-state index in [1.165, 1.54) is 5.56 Å². The smallest absolute Gasteiger partial charge is 0.248 e. The van der Waals surface area contributed by atoms with Crippen LogP contribution in [0.2, 0.25) is 0 Å². The first-order chi connectivity index (χ1) is 8.26. The van der Waals surface area contributed by atoms with Crippen LogP contribution in [0.5, 0.6) is 0 Å². The quantitative estimate of drug-likeness (QED) is 0.886. The highest BCUT2D eigenvalue weighted by Gasteiger charge is 2.17. The lowest BCUT2D eigenvalue weighted by Crippen LogP contribution is -2.20. The van der Waals surface area contributed by atoms with E-state index in [2.05, 4.69) is 41.7 Å². The number of thiophene rings is 1. The van der Waals surface area contributed by atoms with Crippen LogP contribution in [0.15, 0.2) is 15.2 Å². The molecular weight excluding hydrogens is 234 g/mol. The zero-order valence-corrected chi connectivity index (χ0v) is 11.2. The molecule has 2 aromatic heterocycles. The molecule has 2 rings (SSSR count). The Kier molecular flexibility index (Phi) is 3.91. The number of aryl methyl sites for hydroxylation is 1. The van der Waals surface area contributed by atoms with Gasteiger partial charge in [-0.1, -0.05) is 13.8 Å². The molecule has 0 fully saturated rings. The molecule has 0 spiro atoms. The van der Waals surface area contributed by atoms with Gasteiger partial charge in [0.05, 0.1) is 11.6 Å². The zero-order valence-electron chi connectivity index (χ0n) is 10.4. The van der Waals surface area contributed by atoms with Crippen molar-refractivity contribution in [3.63, 3.8) is 0 Å². The van der Waals surface area contributed by atoms with Crippen molar-refractivity contribution in [1.82, 2.24) is 15.5 Å². The van der Waals surface area contributed by atoms with Gasteiger partial charge in [-0.25, -0.2) is 0 Å². The number of nitrogens with one attached hydrogen (secondary N) is 1. The molecule has 17 heavy (non-hydrogen) atoms. The van der Waals surface area contributed by atoms with Crippen LogP contribution in [0.3, 0.4) is 0 Å². The van der Waals surface area contributed by atoms with Crippen molar-refractivity contribution in [2.45, 2.75) is 33.2 Å². The van der Waals surface area contributed by atoms with Crippen LogP contribution in [0.25, 0.3) is 11.5 Å². The Bertz CT molecular complexity index is 478. The van der Waals surface area contributed by atoms with E-state index in [0.29, 0.717) is 11.8 Å². The lowest BCUT2D eigenvalue weighted by molar-refractivity contribution is 0.402. The fourth-order valence-corrected chi connectivity index (χ4v) is 2.54. The van der Waals surface area contributed by atoms with E-state index in [1.807, 2.05) is 5.38 Å². The van der Waals surface area contributed by atoms with Gasteiger partial charge in [-0.3, -0.25) is 0 Å². The standard InChI is InChI=1S/C12H17N3OS/c1-4-10(13-5-2)12-15-14-11(16-12)9-7-17-6-8(9)3/h6-7,10,13H,4-5H2,1-3H3. The summed E-state index contributed by atoms with van der Waals surface area (Å²) in [6.07, 6.45) is 0.943. The highest BCUT2D eigenvalue weighted by Crippen LogP contribution is 2.27. The molecule has 1 atom stereocenters. The number of nitrogens with zero attached hydrogens (tertiary/aromatic N) is 2. The average Bonchev–Trinajstić information content (AvgIpc) is 2.94. The third-order valence-electron chi connectivity index (χ3n) is 2.68. The van der Waals surface area contributed by atoms with E-state index in [9.17, 15) is 0 Å².